The molecule has 6 heteroatoms. The van der Waals surface area contributed by atoms with Gasteiger partial charge in [-0.05, 0) is 54.8 Å². The monoisotopic (exact) mass is 337 g/mol. The Balaban J connectivity index is 1.71. The standard InChI is InChI=1S/C16H17ClN2O2S/c17-13-6-4-12(5-7-13)10-14-15(20)19(16(21)22-14)11-18-8-2-1-3-9-18/h4-7,10H,1-3,8-9,11H2/p+1/b14-10-. The van der Waals surface area contributed by atoms with Gasteiger partial charge in [0.25, 0.3) is 11.1 Å². The lowest BCUT2D eigenvalue weighted by atomic mass is 10.1. The fourth-order valence-electron chi connectivity index (χ4n) is 2.78. The first-order valence-electron chi connectivity index (χ1n) is 7.48. The van der Waals surface area contributed by atoms with Crippen LogP contribution in [-0.4, -0.2) is 35.8 Å². The maximum Gasteiger partial charge on any atom is 0.298 e. The number of hydrogen-bond donors (Lipinski definition) is 1. The van der Waals surface area contributed by atoms with Crippen LogP contribution in [0.3, 0.4) is 0 Å². The molecular formula is C16H18ClN2O2S+. The molecule has 116 valence electrons. The molecule has 1 aromatic rings. The van der Waals surface area contributed by atoms with Crippen LogP contribution >= 0.6 is 23.4 Å². The van der Waals surface area contributed by atoms with Gasteiger partial charge in [-0.15, -0.1) is 0 Å². The van der Waals surface area contributed by atoms with Crippen molar-refractivity contribution in [2.24, 2.45) is 0 Å². The van der Waals surface area contributed by atoms with Crippen molar-refractivity contribution in [3.8, 4) is 0 Å². The molecule has 0 bridgehead atoms. The van der Waals surface area contributed by atoms with Crippen LogP contribution in [-0.2, 0) is 4.79 Å². The van der Waals surface area contributed by atoms with Gasteiger partial charge in [0.1, 0.15) is 0 Å². The number of benzene rings is 1. The van der Waals surface area contributed by atoms with E-state index in [4.69, 9.17) is 11.6 Å². The van der Waals surface area contributed by atoms with E-state index in [-0.39, 0.29) is 11.1 Å². The van der Waals surface area contributed by atoms with Crippen LogP contribution in [0.1, 0.15) is 24.8 Å². The van der Waals surface area contributed by atoms with Gasteiger partial charge in [-0.2, -0.15) is 0 Å². The predicted molar refractivity (Wildman–Crippen MR) is 88.7 cm³/mol. The Kier molecular flexibility index (Phi) is 4.86. The molecule has 0 aromatic heterocycles. The van der Waals surface area contributed by atoms with Crippen LogP contribution in [0.4, 0.5) is 4.79 Å². The van der Waals surface area contributed by atoms with Gasteiger partial charge in [-0.25, -0.2) is 4.90 Å². The molecule has 4 nitrogen and oxygen atoms in total. The zero-order chi connectivity index (χ0) is 15.5. The van der Waals surface area contributed by atoms with Gasteiger partial charge in [0, 0.05) is 5.02 Å². The number of piperidine rings is 1. The summed E-state index contributed by atoms with van der Waals surface area (Å²) in [6.45, 7) is 2.57. The molecule has 0 aliphatic carbocycles. The van der Waals surface area contributed by atoms with Crippen LogP contribution in [0.25, 0.3) is 6.08 Å². The smallest absolute Gasteiger partial charge is 0.298 e. The highest BCUT2D eigenvalue weighted by molar-refractivity contribution is 8.18. The summed E-state index contributed by atoms with van der Waals surface area (Å²) >= 11 is 6.88. The molecule has 0 saturated carbocycles. The molecule has 1 aromatic carbocycles. The molecular weight excluding hydrogens is 320 g/mol. The fourth-order valence-corrected chi connectivity index (χ4v) is 3.74. The average Bonchev–Trinajstić information content (AvgIpc) is 2.78. The highest BCUT2D eigenvalue weighted by atomic mass is 35.5. The maximum absolute atomic E-state index is 12.4. The summed E-state index contributed by atoms with van der Waals surface area (Å²) in [5, 5.41) is 0.488. The van der Waals surface area contributed by atoms with Crippen molar-refractivity contribution in [1.82, 2.24) is 4.90 Å². The van der Waals surface area contributed by atoms with Crippen molar-refractivity contribution in [3.05, 3.63) is 39.8 Å². The summed E-state index contributed by atoms with van der Waals surface area (Å²) in [4.78, 5) is 27.7. The van der Waals surface area contributed by atoms with Crippen molar-refractivity contribution in [2.45, 2.75) is 19.3 Å². The Labute approximate surface area is 139 Å². The number of likely N-dealkylation sites (tertiary alicyclic amines) is 1. The van der Waals surface area contributed by atoms with Gasteiger partial charge >= 0.3 is 0 Å². The second kappa shape index (κ2) is 6.86. The van der Waals surface area contributed by atoms with Gasteiger partial charge in [0.15, 0.2) is 6.67 Å². The van der Waals surface area contributed by atoms with Crippen LogP contribution in [0.5, 0.6) is 0 Å². The van der Waals surface area contributed by atoms with E-state index in [0.717, 1.165) is 30.4 Å². The number of quaternary nitrogens is 1. The number of carbonyl (C=O) groups excluding carboxylic acids is 2. The number of halogens is 1. The third-order valence-corrected chi connectivity index (χ3v) is 5.14. The Hall–Kier alpha value is -1.30. The Morgan fingerprint density at radius 1 is 1.14 bits per heavy atom. The number of thioether (sulfide) groups is 1. The lowest BCUT2D eigenvalue weighted by molar-refractivity contribution is -0.912. The van der Waals surface area contributed by atoms with E-state index in [2.05, 4.69) is 0 Å². The summed E-state index contributed by atoms with van der Waals surface area (Å²) in [5.74, 6) is -0.178. The third-order valence-electron chi connectivity index (χ3n) is 3.98. The van der Waals surface area contributed by atoms with Gasteiger partial charge in [0.2, 0.25) is 0 Å². The SMILES string of the molecule is O=C1S/C(=C\c2ccc(Cl)cc2)C(=O)N1C[NH+]1CCCCC1. The molecule has 2 heterocycles. The quantitative estimate of drug-likeness (QED) is 0.861. The van der Waals surface area contributed by atoms with Crippen molar-refractivity contribution in [3.63, 3.8) is 0 Å². The number of imide groups is 1. The first kappa shape index (κ1) is 15.6. The number of nitrogens with one attached hydrogen (secondary N) is 1. The van der Waals surface area contributed by atoms with Gasteiger partial charge in [0.05, 0.1) is 18.0 Å². The van der Waals surface area contributed by atoms with Crippen LogP contribution < -0.4 is 4.90 Å². The minimum absolute atomic E-state index is 0.164. The number of rotatable bonds is 3. The van der Waals surface area contributed by atoms with Crippen LogP contribution in [0, 0.1) is 0 Å². The number of hydrogen-bond acceptors (Lipinski definition) is 3. The molecule has 2 aliphatic heterocycles. The first-order valence-corrected chi connectivity index (χ1v) is 8.67. The second-order valence-corrected chi connectivity index (χ2v) is 7.06. The second-order valence-electron chi connectivity index (χ2n) is 5.63. The van der Waals surface area contributed by atoms with Crippen LogP contribution in [0.2, 0.25) is 5.02 Å². The van der Waals surface area contributed by atoms with E-state index >= 15 is 0 Å². The van der Waals surface area contributed by atoms with Crippen LogP contribution in [0.15, 0.2) is 29.2 Å². The minimum Gasteiger partial charge on any atom is -0.317 e. The molecule has 2 amide bonds. The summed E-state index contributed by atoms with van der Waals surface area (Å²) in [6.07, 6.45) is 5.35. The molecule has 0 radical (unpaired) electrons. The average molecular weight is 338 g/mol. The van der Waals surface area contributed by atoms with Gasteiger partial charge < -0.3 is 4.90 Å². The van der Waals surface area contributed by atoms with Crippen molar-refractivity contribution < 1.29 is 14.5 Å². The zero-order valence-corrected chi connectivity index (χ0v) is 13.8. The molecule has 1 N–H and O–H groups in total. The highest BCUT2D eigenvalue weighted by Gasteiger charge is 2.37. The molecule has 22 heavy (non-hydrogen) atoms. The number of amides is 2. The number of carbonyl (C=O) groups is 2. The largest absolute Gasteiger partial charge is 0.317 e. The first-order chi connectivity index (χ1) is 10.6. The normalized spacial score (nSPS) is 21.9. The summed E-state index contributed by atoms with van der Waals surface area (Å²) in [7, 11) is 0. The van der Waals surface area contributed by atoms with E-state index in [1.54, 1.807) is 18.2 Å². The molecule has 2 fully saturated rings. The van der Waals surface area contributed by atoms with E-state index in [0.29, 0.717) is 16.6 Å². The summed E-state index contributed by atoms with van der Waals surface area (Å²) in [5.41, 5.74) is 0.875. The Morgan fingerprint density at radius 3 is 2.50 bits per heavy atom. The molecule has 0 atom stereocenters. The van der Waals surface area contributed by atoms with E-state index < -0.39 is 0 Å². The lowest BCUT2D eigenvalue weighted by Gasteiger charge is -2.26. The van der Waals surface area contributed by atoms with Crippen molar-refractivity contribution >= 4 is 40.6 Å². The van der Waals surface area contributed by atoms with E-state index in [1.807, 2.05) is 12.1 Å². The van der Waals surface area contributed by atoms with Crippen molar-refractivity contribution in [1.29, 1.82) is 0 Å². The summed E-state index contributed by atoms with van der Waals surface area (Å²) < 4.78 is 0. The van der Waals surface area contributed by atoms with Gasteiger partial charge in [-0.1, -0.05) is 23.7 Å². The van der Waals surface area contributed by atoms with Crippen molar-refractivity contribution in [2.75, 3.05) is 19.8 Å². The molecule has 0 spiro atoms. The molecule has 2 aliphatic rings. The Bertz CT molecular complexity index is 609. The third kappa shape index (κ3) is 3.54. The van der Waals surface area contributed by atoms with E-state index in [9.17, 15) is 9.59 Å². The predicted octanol–water partition coefficient (Wildman–Crippen LogP) is 2.40. The minimum atomic E-state index is -0.178. The number of nitrogens with zero attached hydrogens (tertiary/aromatic N) is 1. The van der Waals surface area contributed by atoms with Gasteiger partial charge in [-0.3, -0.25) is 9.59 Å². The highest BCUT2D eigenvalue weighted by Crippen LogP contribution is 2.31. The fraction of sp³-hybridized carbons (Fsp3) is 0.375. The summed E-state index contributed by atoms with van der Waals surface area (Å²) in [6, 6.07) is 7.23. The lowest BCUT2D eigenvalue weighted by Crippen LogP contribution is -3.14. The maximum atomic E-state index is 12.4. The molecule has 3 rings (SSSR count). The topological polar surface area (TPSA) is 41.8 Å². The molecule has 0 unspecified atom stereocenters. The van der Waals surface area contributed by atoms with E-state index in [1.165, 1.54) is 29.1 Å². The molecule has 2 saturated heterocycles. The zero-order valence-electron chi connectivity index (χ0n) is 12.2. The Morgan fingerprint density at radius 2 is 1.82 bits per heavy atom.